The quantitative estimate of drug-likeness (QED) is 0.589. The first-order chi connectivity index (χ1) is 8.30. The first-order valence-electron chi connectivity index (χ1n) is 6.91. The topological polar surface area (TPSA) is 75.3 Å². The van der Waals surface area contributed by atoms with Crippen molar-refractivity contribution in [1.29, 1.82) is 0 Å². The van der Waals surface area contributed by atoms with Crippen molar-refractivity contribution in [3.05, 3.63) is 0 Å². The van der Waals surface area contributed by atoms with Gasteiger partial charge in [0.05, 0.1) is 12.6 Å². The van der Waals surface area contributed by atoms with Gasteiger partial charge in [-0.25, -0.2) is 0 Å². The fourth-order valence-electron chi connectivity index (χ4n) is 2.02. The maximum Gasteiger partial charge on any atom is 0.220 e. The Morgan fingerprint density at radius 3 is 2.39 bits per heavy atom. The molecule has 0 aromatic heterocycles. The van der Waals surface area contributed by atoms with Gasteiger partial charge in [0.1, 0.15) is 0 Å². The molecule has 0 rings (SSSR count). The minimum atomic E-state index is -0.116. The summed E-state index contributed by atoms with van der Waals surface area (Å²) >= 11 is 0. The monoisotopic (exact) mass is 258 g/mol. The zero-order valence-corrected chi connectivity index (χ0v) is 12.3. The maximum atomic E-state index is 11.8. The summed E-state index contributed by atoms with van der Waals surface area (Å²) in [6, 6.07) is -0.116. The van der Waals surface area contributed by atoms with Crippen LogP contribution in [0.5, 0.6) is 0 Å². The van der Waals surface area contributed by atoms with Crippen LogP contribution in [-0.2, 0) is 4.79 Å². The molecular weight excluding hydrogens is 228 g/mol. The summed E-state index contributed by atoms with van der Waals surface area (Å²) in [7, 11) is 0. The summed E-state index contributed by atoms with van der Waals surface area (Å²) in [6.07, 6.45) is 3.07. The fraction of sp³-hybridized carbons (Fsp3) is 0.929. The van der Waals surface area contributed by atoms with Crippen LogP contribution < -0.4 is 11.1 Å². The van der Waals surface area contributed by atoms with Gasteiger partial charge >= 0.3 is 0 Å². The third kappa shape index (κ3) is 8.48. The molecule has 0 saturated carbocycles. The largest absolute Gasteiger partial charge is 0.394 e. The smallest absolute Gasteiger partial charge is 0.220 e. The van der Waals surface area contributed by atoms with E-state index < -0.39 is 0 Å². The van der Waals surface area contributed by atoms with E-state index in [-0.39, 0.29) is 24.0 Å². The second-order valence-corrected chi connectivity index (χ2v) is 6.28. The van der Waals surface area contributed by atoms with Crippen LogP contribution in [0.15, 0.2) is 0 Å². The van der Waals surface area contributed by atoms with Crippen LogP contribution in [0, 0.1) is 11.3 Å². The highest BCUT2D eigenvalue weighted by atomic mass is 16.3. The predicted octanol–water partition coefficient (Wildman–Crippen LogP) is 1.66. The molecular formula is C14H30N2O2. The van der Waals surface area contributed by atoms with E-state index in [1.807, 2.05) is 0 Å². The van der Waals surface area contributed by atoms with E-state index in [0.29, 0.717) is 18.9 Å². The summed E-state index contributed by atoms with van der Waals surface area (Å²) in [6.45, 7) is 9.09. The van der Waals surface area contributed by atoms with E-state index >= 15 is 0 Å². The zero-order valence-electron chi connectivity index (χ0n) is 12.3. The number of aliphatic hydroxyl groups excluding tert-OH is 1. The Bertz CT molecular complexity index is 240. The molecule has 4 heteroatoms. The van der Waals surface area contributed by atoms with E-state index in [4.69, 9.17) is 5.73 Å². The Balaban J connectivity index is 4.02. The van der Waals surface area contributed by atoms with Gasteiger partial charge in [-0.3, -0.25) is 4.79 Å². The molecule has 0 aliphatic carbocycles. The average molecular weight is 258 g/mol. The van der Waals surface area contributed by atoms with Gasteiger partial charge in [0, 0.05) is 6.42 Å². The molecule has 1 amide bonds. The molecule has 18 heavy (non-hydrogen) atoms. The zero-order chi connectivity index (χ0) is 14.2. The highest BCUT2D eigenvalue weighted by Crippen LogP contribution is 2.25. The number of aliphatic hydroxyl groups is 1. The number of carbonyl (C=O) groups is 1. The van der Waals surface area contributed by atoms with Crippen molar-refractivity contribution < 1.29 is 9.90 Å². The molecule has 0 aliphatic heterocycles. The summed E-state index contributed by atoms with van der Waals surface area (Å²) in [5.41, 5.74) is 5.65. The van der Waals surface area contributed by atoms with Gasteiger partial charge in [-0.05, 0) is 37.1 Å². The van der Waals surface area contributed by atoms with E-state index in [0.717, 1.165) is 19.3 Å². The van der Waals surface area contributed by atoms with Gasteiger partial charge in [-0.1, -0.05) is 27.7 Å². The number of nitrogens with one attached hydrogen (secondary N) is 1. The minimum absolute atomic E-state index is 0.0100. The summed E-state index contributed by atoms with van der Waals surface area (Å²) in [5, 5.41) is 12.1. The van der Waals surface area contributed by atoms with Crippen LogP contribution in [0.4, 0.5) is 0 Å². The molecule has 4 N–H and O–H groups in total. The summed E-state index contributed by atoms with van der Waals surface area (Å²) in [4.78, 5) is 11.8. The van der Waals surface area contributed by atoms with Crippen LogP contribution in [0.2, 0.25) is 0 Å². The van der Waals surface area contributed by atoms with Gasteiger partial charge < -0.3 is 16.2 Å². The average Bonchev–Trinajstić information content (AvgIpc) is 2.25. The maximum absolute atomic E-state index is 11.8. The molecule has 0 saturated heterocycles. The van der Waals surface area contributed by atoms with Crippen molar-refractivity contribution in [3.8, 4) is 0 Å². The number of carbonyl (C=O) groups excluding carboxylic acids is 1. The van der Waals surface area contributed by atoms with Crippen LogP contribution in [0.25, 0.3) is 0 Å². The lowest BCUT2D eigenvalue weighted by molar-refractivity contribution is -0.122. The van der Waals surface area contributed by atoms with E-state index in [9.17, 15) is 9.90 Å². The Labute approximate surface area is 111 Å². The lowest BCUT2D eigenvalue weighted by Crippen LogP contribution is -2.38. The molecule has 1 unspecified atom stereocenters. The van der Waals surface area contributed by atoms with Crippen LogP contribution in [-0.4, -0.2) is 30.2 Å². The van der Waals surface area contributed by atoms with Crippen molar-refractivity contribution in [3.63, 3.8) is 0 Å². The van der Waals surface area contributed by atoms with Gasteiger partial charge in [0.15, 0.2) is 0 Å². The normalized spacial score (nSPS) is 13.7. The van der Waals surface area contributed by atoms with Crippen molar-refractivity contribution in [2.75, 3.05) is 13.2 Å². The molecule has 0 bridgehead atoms. The van der Waals surface area contributed by atoms with Crippen molar-refractivity contribution in [1.82, 2.24) is 5.32 Å². The SMILES string of the molecule is CC(C)CC(CO)NC(=O)CCC(C)(C)CCN. The molecule has 0 aliphatic rings. The first kappa shape index (κ1) is 17.4. The molecule has 108 valence electrons. The molecule has 1 atom stereocenters. The molecule has 4 nitrogen and oxygen atoms in total. The number of hydrogen-bond donors (Lipinski definition) is 3. The minimum Gasteiger partial charge on any atom is -0.394 e. The van der Waals surface area contributed by atoms with Crippen molar-refractivity contribution in [2.24, 2.45) is 17.1 Å². The Morgan fingerprint density at radius 2 is 1.94 bits per heavy atom. The Hall–Kier alpha value is -0.610. The van der Waals surface area contributed by atoms with Crippen LogP contribution in [0.3, 0.4) is 0 Å². The van der Waals surface area contributed by atoms with Gasteiger partial charge in [-0.15, -0.1) is 0 Å². The second-order valence-electron chi connectivity index (χ2n) is 6.28. The molecule has 0 fully saturated rings. The number of rotatable bonds is 9. The highest BCUT2D eigenvalue weighted by molar-refractivity contribution is 5.76. The van der Waals surface area contributed by atoms with Gasteiger partial charge in [-0.2, -0.15) is 0 Å². The van der Waals surface area contributed by atoms with Crippen LogP contribution >= 0.6 is 0 Å². The Kier molecular flexibility index (Phi) is 8.20. The van der Waals surface area contributed by atoms with E-state index in [1.165, 1.54) is 0 Å². The van der Waals surface area contributed by atoms with E-state index in [1.54, 1.807) is 0 Å². The lowest BCUT2D eigenvalue weighted by atomic mass is 9.84. The lowest BCUT2D eigenvalue weighted by Gasteiger charge is -2.24. The third-order valence-electron chi connectivity index (χ3n) is 3.19. The molecule has 0 aromatic carbocycles. The van der Waals surface area contributed by atoms with Crippen molar-refractivity contribution in [2.45, 2.75) is 59.4 Å². The predicted molar refractivity (Wildman–Crippen MR) is 75.2 cm³/mol. The molecule has 0 heterocycles. The molecule has 0 aromatic rings. The van der Waals surface area contributed by atoms with Gasteiger partial charge in [0.25, 0.3) is 0 Å². The number of amides is 1. The van der Waals surface area contributed by atoms with E-state index in [2.05, 4.69) is 33.0 Å². The fourth-order valence-corrected chi connectivity index (χ4v) is 2.02. The third-order valence-corrected chi connectivity index (χ3v) is 3.19. The number of hydrogen-bond acceptors (Lipinski definition) is 3. The Morgan fingerprint density at radius 1 is 1.33 bits per heavy atom. The van der Waals surface area contributed by atoms with Gasteiger partial charge in [0.2, 0.25) is 5.91 Å². The van der Waals surface area contributed by atoms with Crippen LogP contribution in [0.1, 0.15) is 53.4 Å². The summed E-state index contributed by atoms with van der Waals surface area (Å²) < 4.78 is 0. The highest BCUT2D eigenvalue weighted by Gasteiger charge is 2.19. The molecule has 0 radical (unpaired) electrons. The number of nitrogens with two attached hydrogens (primary N) is 1. The molecule has 0 spiro atoms. The first-order valence-corrected chi connectivity index (χ1v) is 6.91. The summed E-state index contributed by atoms with van der Waals surface area (Å²) in [5.74, 6) is 0.496. The standard InChI is InChI=1S/C14H30N2O2/c1-11(2)9-12(10-17)16-13(18)5-6-14(3,4)7-8-15/h11-12,17H,5-10,15H2,1-4H3,(H,16,18). The van der Waals surface area contributed by atoms with Crippen molar-refractivity contribution >= 4 is 5.91 Å². The second kappa shape index (κ2) is 8.48.